The third-order valence-corrected chi connectivity index (χ3v) is 4.97. The molecule has 0 aliphatic rings. The summed E-state index contributed by atoms with van der Waals surface area (Å²) in [6, 6.07) is 6.96. The summed E-state index contributed by atoms with van der Waals surface area (Å²) in [5.74, 6) is -1.34. The molecular weight excluding hydrogens is 402 g/mol. The van der Waals surface area contributed by atoms with Crippen molar-refractivity contribution >= 4 is 62.9 Å². The lowest BCUT2D eigenvalue weighted by Crippen LogP contribution is -2.20. The summed E-state index contributed by atoms with van der Waals surface area (Å²) in [5.41, 5.74) is 1.89. The van der Waals surface area contributed by atoms with E-state index in [1.54, 1.807) is 31.2 Å². The molecule has 148 valence electrons. The highest BCUT2D eigenvalue weighted by Gasteiger charge is 2.26. The second-order valence-electron chi connectivity index (χ2n) is 5.58. The minimum Gasteiger partial charge on any atom is -0.465 e. The van der Waals surface area contributed by atoms with Crippen LogP contribution in [0.15, 0.2) is 24.3 Å². The van der Waals surface area contributed by atoms with E-state index in [4.69, 9.17) is 21.7 Å². The van der Waals surface area contributed by atoms with E-state index in [-0.39, 0.29) is 21.5 Å². The Hall–Kier alpha value is -2.98. The second kappa shape index (κ2) is 9.29. The maximum atomic E-state index is 12.2. The molecule has 1 heterocycles. The van der Waals surface area contributed by atoms with Crippen molar-refractivity contribution in [2.24, 2.45) is 0 Å². The maximum Gasteiger partial charge on any atom is 0.348 e. The van der Waals surface area contributed by atoms with Gasteiger partial charge in [-0.3, -0.25) is 4.79 Å². The molecule has 0 unspecified atom stereocenters. The van der Waals surface area contributed by atoms with Crippen LogP contribution in [0.1, 0.15) is 32.5 Å². The van der Waals surface area contributed by atoms with Gasteiger partial charge in [0.15, 0.2) is 5.11 Å². The number of amides is 1. The summed E-state index contributed by atoms with van der Waals surface area (Å²) < 4.78 is 9.56. The van der Waals surface area contributed by atoms with Gasteiger partial charge < -0.3 is 25.4 Å². The predicted octanol–water partition coefficient (Wildman–Crippen LogP) is 3.40. The SMILES string of the molecule is COC(=O)c1sc(NC(=S)Nc2cccc(NC(C)=O)c2)c(C(=O)OC)c1C. The average molecular weight is 422 g/mol. The Balaban J connectivity index is 2.25. The highest BCUT2D eigenvalue weighted by molar-refractivity contribution is 7.80. The van der Waals surface area contributed by atoms with Crippen molar-refractivity contribution in [3.63, 3.8) is 0 Å². The van der Waals surface area contributed by atoms with E-state index in [1.807, 2.05) is 0 Å². The molecule has 1 amide bonds. The van der Waals surface area contributed by atoms with Crippen LogP contribution in [0, 0.1) is 6.92 Å². The second-order valence-corrected chi connectivity index (χ2v) is 7.01. The van der Waals surface area contributed by atoms with Crippen LogP contribution in [0.2, 0.25) is 0 Å². The Morgan fingerprint density at radius 2 is 1.61 bits per heavy atom. The monoisotopic (exact) mass is 421 g/mol. The third-order valence-electron chi connectivity index (χ3n) is 3.57. The Morgan fingerprint density at radius 3 is 2.18 bits per heavy atom. The number of hydrogen-bond donors (Lipinski definition) is 3. The highest BCUT2D eigenvalue weighted by atomic mass is 32.1. The lowest BCUT2D eigenvalue weighted by atomic mass is 10.1. The van der Waals surface area contributed by atoms with Crippen LogP contribution in [0.5, 0.6) is 0 Å². The quantitative estimate of drug-likeness (QED) is 0.498. The van der Waals surface area contributed by atoms with E-state index in [0.717, 1.165) is 11.3 Å². The van der Waals surface area contributed by atoms with Gasteiger partial charge in [0.1, 0.15) is 9.88 Å². The van der Waals surface area contributed by atoms with Gasteiger partial charge in [0.05, 0.1) is 19.8 Å². The minimum absolute atomic E-state index is 0.190. The van der Waals surface area contributed by atoms with Gasteiger partial charge in [0.25, 0.3) is 0 Å². The molecule has 0 radical (unpaired) electrons. The van der Waals surface area contributed by atoms with Crippen LogP contribution in [-0.2, 0) is 14.3 Å². The van der Waals surface area contributed by atoms with Gasteiger partial charge in [-0.15, -0.1) is 11.3 Å². The molecule has 0 bridgehead atoms. The maximum absolute atomic E-state index is 12.2. The molecule has 10 heteroatoms. The van der Waals surface area contributed by atoms with E-state index >= 15 is 0 Å². The van der Waals surface area contributed by atoms with Gasteiger partial charge >= 0.3 is 11.9 Å². The number of anilines is 3. The van der Waals surface area contributed by atoms with E-state index in [2.05, 4.69) is 16.0 Å². The number of nitrogens with one attached hydrogen (secondary N) is 3. The number of benzene rings is 1. The molecule has 0 spiro atoms. The van der Waals surface area contributed by atoms with Gasteiger partial charge in [0, 0.05) is 18.3 Å². The van der Waals surface area contributed by atoms with Crippen LogP contribution in [-0.4, -0.2) is 37.2 Å². The van der Waals surface area contributed by atoms with Crippen LogP contribution in [0.3, 0.4) is 0 Å². The molecule has 0 aliphatic carbocycles. The summed E-state index contributed by atoms with van der Waals surface area (Å²) in [6.07, 6.45) is 0. The molecule has 1 aromatic heterocycles. The van der Waals surface area contributed by atoms with Crippen LogP contribution in [0.4, 0.5) is 16.4 Å². The van der Waals surface area contributed by atoms with Crippen molar-refractivity contribution in [1.29, 1.82) is 0 Å². The Kier molecular flexibility index (Phi) is 7.07. The largest absolute Gasteiger partial charge is 0.465 e. The smallest absolute Gasteiger partial charge is 0.348 e. The predicted molar refractivity (Wildman–Crippen MR) is 112 cm³/mol. The lowest BCUT2D eigenvalue weighted by Gasteiger charge is -2.12. The molecule has 0 aliphatic heterocycles. The summed E-state index contributed by atoms with van der Waals surface area (Å²) in [6.45, 7) is 3.05. The highest BCUT2D eigenvalue weighted by Crippen LogP contribution is 2.34. The zero-order chi connectivity index (χ0) is 20.8. The fraction of sp³-hybridized carbons (Fsp3) is 0.222. The van der Waals surface area contributed by atoms with E-state index < -0.39 is 11.9 Å². The number of hydrogen-bond acceptors (Lipinski definition) is 7. The van der Waals surface area contributed by atoms with Crippen molar-refractivity contribution in [2.75, 3.05) is 30.2 Å². The standard InChI is InChI=1S/C18H19N3O5S2/c1-9-13(16(23)25-3)15(28-14(9)17(24)26-4)21-18(27)20-12-7-5-6-11(8-12)19-10(2)22/h5-8H,1-4H3,(H,19,22)(H2,20,21,27). The van der Waals surface area contributed by atoms with Gasteiger partial charge in [-0.1, -0.05) is 6.07 Å². The van der Waals surface area contributed by atoms with Gasteiger partial charge in [-0.05, 0) is 42.9 Å². The summed E-state index contributed by atoms with van der Waals surface area (Å²) in [4.78, 5) is 35.6. The first-order valence-electron chi connectivity index (χ1n) is 8.02. The first-order valence-corrected chi connectivity index (χ1v) is 9.25. The Morgan fingerprint density at radius 1 is 1.00 bits per heavy atom. The number of methoxy groups -OCH3 is 2. The minimum atomic E-state index is -0.596. The summed E-state index contributed by atoms with van der Waals surface area (Å²) in [5, 5.41) is 9.12. The van der Waals surface area contributed by atoms with Crippen molar-refractivity contribution in [2.45, 2.75) is 13.8 Å². The normalized spacial score (nSPS) is 10.0. The van der Waals surface area contributed by atoms with E-state index in [0.29, 0.717) is 21.9 Å². The van der Waals surface area contributed by atoms with Crippen molar-refractivity contribution in [3.8, 4) is 0 Å². The number of ether oxygens (including phenoxy) is 2. The van der Waals surface area contributed by atoms with Crippen LogP contribution in [0.25, 0.3) is 0 Å². The first kappa shape index (κ1) is 21.3. The topological polar surface area (TPSA) is 106 Å². The molecule has 1 aromatic carbocycles. The zero-order valence-electron chi connectivity index (χ0n) is 15.7. The summed E-state index contributed by atoms with van der Waals surface area (Å²) >= 11 is 6.35. The zero-order valence-corrected chi connectivity index (χ0v) is 17.3. The Labute approximate surface area is 171 Å². The number of rotatable bonds is 5. The number of carbonyl (C=O) groups is 3. The van der Waals surface area contributed by atoms with Crippen LogP contribution < -0.4 is 16.0 Å². The molecule has 3 N–H and O–H groups in total. The Bertz CT molecular complexity index is 939. The number of carbonyl (C=O) groups excluding carboxylic acids is 3. The number of esters is 2. The first-order chi connectivity index (χ1) is 13.3. The lowest BCUT2D eigenvalue weighted by molar-refractivity contribution is -0.114. The van der Waals surface area contributed by atoms with Crippen molar-refractivity contribution in [1.82, 2.24) is 0 Å². The van der Waals surface area contributed by atoms with E-state index in [1.165, 1.54) is 21.1 Å². The fourth-order valence-corrected chi connectivity index (χ4v) is 3.78. The number of thiophene rings is 1. The molecule has 0 saturated heterocycles. The molecule has 0 saturated carbocycles. The molecule has 8 nitrogen and oxygen atoms in total. The molecule has 0 atom stereocenters. The van der Waals surface area contributed by atoms with Crippen LogP contribution >= 0.6 is 23.6 Å². The van der Waals surface area contributed by atoms with E-state index in [9.17, 15) is 14.4 Å². The molecule has 0 fully saturated rings. The van der Waals surface area contributed by atoms with Crippen molar-refractivity contribution < 1.29 is 23.9 Å². The van der Waals surface area contributed by atoms with Gasteiger partial charge in [-0.2, -0.15) is 0 Å². The summed E-state index contributed by atoms with van der Waals surface area (Å²) in [7, 11) is 2.52. The molecule has 2 rings (SSSR count). The van der Waals surface area contributed by atoms with Gasteiger partial charge in [-0.25, -0.2) is 9.59 Å². The average Bonchev–Trinajstić information content (AvgIpc) is 2.96. The third kappa shape index (κ3) is 5.05. The number of thiocarbonyl (C=S) groups is 1. The molecule has 2 aromatic rings. The fourth-order valence-electron chi connectivity index (χ4n) is 2.38. The van der Waals surface area contributed by atoms with Gasteiger partial charge in [0.2, 0.25) is 5.91 Å². The molecular formula is C18H19N3O5S2. The van der Waals surface area contributed by atoms with Crippen molar-refractivity contribution in [3.05, 3.63) is 40.3 Å². The molecule has 28 heavy (non-hydrogen) atoms.